The Kier molecular flexibility index (Phi) is 5.31. The van der Waals surface area contributed by atoms with E-state index < -0.39 is 5.54 Å². The highest BCUT2D eigenvalue weighted by Gasteiger charge is 2.30. The molecule has 0 aliphatic carbocycles. The molecule has 0 radical (unpaired) electrons. The maximum Gasteiger partial charge on any atom is 0.227 e. The molecule has 1 aromatic carbocycles. The van der Waals surface area contributed by atoms with Crippen molar-refractivity contribution in [3.63, 3.8) is 0 Å². The van der Waals surface area contributed by atoms with Crippen molar-refractivity contribution >= 4 is 5.91 Å². The summed E-state index contributed by atoms with van der Waals surface area (Å²) in [5.41, 5.74) is -0.0176. The van der Waals surface area contributed by atoms with Gasteiger partial charge in [-0.05, 0) is 18.9 Å². The summed E-state index contributed by atoms with van der Waals surface area (Å²) >= 11 is 0. The van der Waals surface area contributed by atoms with Crippen LogP contribution in [0.4, 0.5) is 0 Å². The molecule has 0 bridgehead atoms. The van der Waals surface area contributed by atoms with E-state index in [1.54, 1.807) is 6.92 Å². The number of nitrogens with one attached hydrogen (secondary N) is 1. The Balaban J connectivity index is 2.76. The Hall–Kier alpha value is -1.39. The van der Waals surface area contributed by atoms with Gasteiger partial charge in [-0.15, -0.1) is 0 Å². The predicted octanol–water partition coefficient (Wildman–Crippen LogP) is 1.04. The second-order valence-corrected chi connectivity index (χ2v) is 4.57. The highest BCUT2D eigenvalue weighted by molar-refractivity contribution is 5.83. The minimum Gasteiger partial charge on any atom is -0.394 e. The molecule has 1 amide bonds. The second kappa shape index (κ2) is 6.52. The first-order chi connectivity index (χ1) is 8.58. The van der Waals surface area contributed by atoms with E-state index in [1.165, 1.54) is 0 Å². The molecule has 18 heavy (non-hydrogen) atoms. The average Bonchev–Trinajstić information content (AvgIpc) is 2.45. The van der Waals surface area contributed by atoms with E-state index in [4.69, 9.17) is 0 Å². The summed E-state index contributed by atoms with van der Waals surface area (Å²) in [4.78, 5) is 12.1. The van der Waals surface area contributed by atoms with Crippen molar-refractivity contribution < 1.29 is 15.0 Å². The summed E-state index contributed by atoms with van der Waals surface area (Å²) in [6.45, 7) is 3.08. The lowest BCUT2D eigenvalue weighted by molar-refractivity contribution is -0.125. The van der Waals surface area contributed by atoms with Crippen LogP contribution in [0.2, 0.25) is 0 Å². The van der Waals surface area contributed by atoms with Crippen LogP contribution in [0.1, 0.15) is 31.7 Å². The number of carbonyl (C=O) groups is 1. The molecule has 1 unspecified atom stereocenters. The van der Waals surface area contributed by atoms with Gasteiger partial charge in [0.2, 0.25) is 5.91 Å². The van der Waals surface area contributed by atoms with Crippen molar-refractivity contribution in [3.05, 3.63) is 35.9 Å². The van der Waals surface area contributed by atoms with Crippen molar-refractivity contribution in [1.29, 1.82) is 0 Å². The van der Waals surface area contributed by atoms with Crippen LogP contribution >= 0.6 is 0 Å². The van der Waals surface area contributed by atoms with Crippen LogP contribution in [0.15, 0.2) is 30.3 Å². The molecular weight excluding hydrogens is 230 g/mol. The van der Waals surface area contributed by atoms with E-state index in [-0.39, 0.29) is 25.0 Å². The number of amides is 1. The van der Waals surface area contributed by atoms with E-state index in [0.29, 0.717) is 6.42 Å². The van der Waals surface area contributed by atoms with E-state index in [2.05, 4.69) is 5.32 Å². The smallest absolute Gasteiger partial charge is 0.227 e. The number of aliphatic hydroxyl groups is 2. The zero-order valence-electron chi connectivity index (χ0n) is 10.9. The summed E-state index contributed by atoms with van der Waals surface area (Å²) in [7, 11) is 0. The maximum absolute atomic E-state index is 12.1. The third-order valence-corrected chi connectivity index (χ3v) is 3.36. The number of carbonyl (C=O) groups excluding carboxylic acids is 1. The van der Waals surface area contributed by atoms with Crippen LogP contribution in [0, 0.1) is 0 Å². The minimum absolute atomic E-state index is 0.189. The standard InChI is InChI=1S/C14H21NO3/c1-3-14(9-16,10-17)15-13(18)11(2)12-7-5-4-6-8-12/h4-8,11,16-17H,3,9-10H2,1-2H3,(H,15,18). The first-order valence-electron chi connectivity index (χ1n) is 6.17. The molecule has 0 saturated heterocycles. The molecule has 0 spiro atoms. The average molecular weight is 251 g/mol. The maximum atomic E-state index is 12.1. The monoisotopic (exact) mass is 251 g/mol. The molecule has 0 fully saturated rings. The lowest BCUT2D eigenvalue weighted by Gasteiger charge is -2.31. The van der Waals surface area contributed by atoms with Gasteiger partial charge in [0.05, 0.1) is 24.7 Å². The van der Waals surface area contributed by atoms with Crippen LogP contribution in [-0.4, -0.2) is 34.9 Å². The van der Waals surface area contributed by atoms with Crippen LogP contribution in [-0.2, 0) is 4.79 Å². The summed E-state index contributed by atoms with van der Waals surface area (Å²) in [5.74, 6) is -0.499. The first-order valence-corrected chi connectivity index (χ1v) is 6.17. The Morgan fingerprint density at radius 3 is 2.28 bits per heavy atom. The third-order valence-electron chi connectivity index (χ3n) is 3.36. The second-order valence-electron chi connectivity index (χ2n) is 4.57. The lowest BCUT2D eigenvalue weighted by atomic mass is 9.95. The van der Waals surface area contributed by atoms with Gasteiger partial charge in [0.15, 0.2) is 0 Å². The van der Waals surface area contributed by atoms with Gasteiger partial charge in [-0.1, -0.05) is 37.3 Å². The van der Waals surface area contributed by atoms with Gasteiger partial charge >= 0.3 is 0 Å². The Labute approximate surface area is 108 Å². The number of aliphatic hydroxyl groups excluding tert-OH is 2. The van der Waals surface area contributed by atoms with Gasteiger partial charge in [0.1, 0.15) is 0 Å². The Morgan fingerprint density at radius 2 is 1.83 bits per heavy atom. The van der Waals surface area contributed by atoms with Crippen molar-refractivity contribution in [2.45, 2.75) is 31.7 Å². The molecule has 1 aromatic rings. The van der Waals surface area contributed by atoms with Crippen molar-refractivity contribution in [2.75, 3.05) is 13.2 Å². The number of benzene rings is 1. The van der Waals surface area contributed by atoms with Gasteiger partial charge in [-0.25, -0.2) is 0 Å². The summed E-state index contributed by atoms with van der Waals surface area (Å²) < 4.78 is 0. The van der Waals surface area contributed by atoms with E-state index in [9.17, 15) is 15.0 Å². The molecule has 0 saturated carbocycles. The summed E-state index contributed by atoms with van der Waals surface area (Å²) in [6.07, 6.45) is 0.479. The molecule has 4 heteroatoms. The van der Waals surface area contributed by atoms with Gasteiger partial charge in [0.25, 0.3) is 0 Å². The van der Waals surface area contributed by atoms with E-state index in [0.717, 1.165) is 5.56 Å². The molecule has 4 nitrogen and oxygen atoms in total. The van der Waals surface area contributed by atoms with Crippen LogP contribution in [0.3, 0.4) is 0 Å². The summed E-state index contributed by atoms with van der Waals surface area (Å²) in [5, 5.41) is 21.3. The molecular formula is C14H21NO3. The molecule has 3 N–H and O–H groups in total. The van der Waals surface area contributed by atoms with Gasteiger partial charge < -0.3 is 15.5 Å². The van der Waals surface area contributed by atoms with Crippen molar-refractivity contribution in [1.82, 2.24) is 5.32 Å². The number of hydrogen-bond donors (Lipinski definition) is 3. The normalized spacial score (nSPS) is 13.1. The van der Waals surface area contributed by atoms with Crippen LogP contribution < -0.4 is 5.32 Å². The fourth-order valence-corrected chi connectivity index (χ4v) is 1.70. The third kappa shape index (κ3) is 3.31. The zero-order valence-corrected chi connectivity index (χ0v) is 10.9. The quantitative estimate of drug-likeness (QED) is 0.707. The minimum atomic E-state index is -0.930. The molecule has 0 aliphatic rings. The Bertz CT molecular complexity index is 366. The van der Waals surface area contributed by atoms with Gasteiger partial charge in [-0.3, -0.25) is 4.79 Å². The molecule has 0 heterocycles. The SMILES string of the molecule is CCC(CO)(CO)NC(=O)C(C)c1ccccc1. The van der Waals surface area contributed by atoms with E-state index in [1.807, 2.05) is 37.3 Å². The number of hydrogen-bond acceptors (Lipinski definition) is 3. The first kappa shape index (κ1) is 14.7. The van der Waals surface area contributed by atoms with Crippen LogP contribution in [0.5, 0.6) is 0 Å². The Morgan fingerprint density at radius 1 is 1.28 bits per heavy atom. The molecule has 0 aromatic heterocycles. The number of rotatable bonds is 6. The zero-order chi connectivity index (χ0) is 13.6. The highest BCUT2D eigenvalue weighted by atomic mass is 16.3. The highest BCUT2D eigenvalue weighted by Crippen LogP contribution is 2.17. The predicted molar refractivity (Wildman–Crippen MR) is 70.2 cm³/mol. The molecule has 100 valence electrons. The van der Waals surface area contributed by atoms with Gasteiger partial charge in [0, 0.05) is 0 Å². The molecule has 1 rings (SSSR count). The van der Waals surface area contributed by atoms with Gasteiger partial charge in [-0.2, -0.15) is 0 Å². The fraction of sp³-hybridized carbons (Fsp3) is 0.500. The summed E-state index contributed by atoms with van der Waals surface area (Å²) in [6, 6.07) is 9.42. The van der Waals surface area contributed by atoms with Crippen LogP contribution in [0.25, 0.3) is 0 Å². The largest absolute Gasteiger partial charge is 0.394 e. The topological polar surface area (TPSA) is 69.6 Å². The lowest BCUT2D eigenvalue weighted by Crippen LogP contribution is -2.54. The molecule has 0 aliphatic heterocycles. The van der Waals surface area contributed by atoms with Crippen molar-refractivity contribution in [3.8, 4) is 0 Å². The van der Waals surface area contributed by atoms with E-state index >= 15 is 0 Å². The van der Waals surface area contributed by atoms with Crippen molar-refractivity contribution in [2.24, 2.45) is 0 Å². The molecule has 1 atom stereocenters. The fourth-order valence-electron chi connectivity index (χ4n) is 1.70.